The van der Waals surface area contributed by atoms with Crippen molar-refractivity contribution in [3.63, 3.8) is 0 Å². The van der Waals surface area contributed by atoms with Gasteiger partial charge in [-0.3, -0.25) is 4.72 Å². The third kappa shape index (κ3) is 3.07. The van der Waals surface area contributed by atoms with Crippen LogP contribution in [0.4, 0.5) is 11.4 Å². The minimum Gasteiger partial charge on any atom is -0.398 e. The summed E-state index contributed by atoms with van der Waals surface area (Å²) in [5.41, 5.74) is 7.45. The van der Waals surface area contributed by atoms with Crippen molar-refractivity contribution in [2.45, 2.75) is 4.21 Å². The van der Waals surface area contributed by atoms with Gasteiger partial charge < -0.3 is 5.73 Å². The van der Waals surface area contributed by atoms with Gasteiger partial charge in [0.2, 0.25) is 0 Å². The average molecular weight is 337 g/mol. The molecule has 0 saturated heterocycles. The summed E-state index contributed by atoms with van der Waals surface area (Å²) in [4.78, 5) is 4.21. The molecule has 8 heteroatoms. The molecule has 0 unspecified atom stereocenters. The van der Waals surface area contributed by atoms with Crippen LogP contribution in [0.15, 0.2) is 51.5 Å². The highest BCUT2D eigenvalue weighted by atomic mass is 32.2. The summed E-state index contributed by atoms with van der Waals surface area (Å²) in [6.07, 6.45) is 1.73. The molecule has 2 heterocycles. The number of nitrogens with one attached hydrogen (secondary N) is 1. The molecule has 3 aromatic rings. The summed E-state index contributed by atoms with van der Waals surface area (Å²) in [5.74, 6) is 0. The quantitative estimate of drug-likeness (QED) is 0.765. The number of aromatic nitrogens is 1. The van der Waals surface area contributed by atoms with E-state index in [1.165, 1.54) is 17.4 Å². The third-order valence-electron chi connectivity index (χ3n) is 2.68. The Morgan fingerprint density at radius 2 is 1.90 bits per heavy atom. The van der Waals surface area contributed by atoms with E-state index < -0.39 is 10.0 Å². The predicted molar refractivity (Wildman–Crippen MR) is 87.1 cm³/mol. The molecule has 0 atom stereocenters. The maximum atomic E-state index is 12.2. The largest absolute Gasteiger partial charge is 0.398 e. The lowest BCUT2D eigenvalue weighted by molar-refractivity contribution is 0.603. The maximum Gasteiger partial charge on any atom is 0.271 e. The van der Waals surface area contributed by atoms with E-state index in [2.05, 4.69) is 9.71 Å². The Hall–Kier alpha value is -1.90. The van der Waals surface area contributed by atoms with Crippen molar-refractivity contribution in [3.05, 3.63) is 47.3 Å². The van der Waals surface area contributed by atoms with Crippen LogP contribution in [0.5, 0.6) is 0 Å². The van der Waals surface area contributed by atoms with Crippen molar-refractivity contribution in [3.8, 4) is 10.6 Å². The first kappa shape index (κ1) is 14.1. The lowest BCUT2D eigenvalue weighted by atomic mass is 10.2. The molecule has 0 aliphatic carbocycles. The number of hydrogen-bond donors (Lipinski definition) is 2. The molecule has 1 aromatic carbocycles. The molecule has 0 aliphatic rings. The Balaban J connectivity index is 1.82. The molecule has 0 radical (unpaired) electrons. The van der Waals surface area contributed by atoms with E-state index in [0.29, 0.717) is 11.4 Å². The molecule has 2 aromatic heterocycles. The van der Waals surface area contributed by atoms with Gasteiger partial charge in [-0.2, -0.15) is 0 Å². The Morgan fingerprint density at radius 3 is 2.48 bits per heavy atom. The highest BCUT2D eigenvalue weighted by Gasteiger charge is 2.16. The van der Waals surface area contributed by atoms with Crippen LogP contribution >= 0.6 is 22.7 Å². The molecule has 3 N–H and O–H groups in total. The van der Waals surface area contributed by atoms with Gasteiger partial charge in [-0.05, 0) is 30.3 Å². The molecule has 0 saturated carbocycles. The number of hydrogen-bond acceptors (Lipinski definition) is 6. The number of nitrogens with zero attached hydrogens (tertiary/aromatic N) is 1. The minimum absolute atomic E-state index is 0.198. The normalized spacial score (nSPS) is 11.4. The number of benzene rings is 1. The predicted octanol–water partition coefficient (Wildman–Crippen LogP) is 3.25. The average Bonchev–Trinajstić information content (AvgIpc) is 3.10. The molecule has 21 heavy (non-hydrogen) atoms. The van der Waals surface area contributed by atoms with Gasteiger partial charge >= 0.3 is 0 Å². The highest BCUT2D eigenvalue weighted by molar-refractivity contribution is 7.94. The van der Waals surface area contributed by atoms with E-state index in [1.807, 2.05) is 17.5 Å². The first-order valence-electron chi connectivity index (χ1n) is 5.91. The summed E-state index contributed by atoms with van der Waals surface area (Å²) in [6.45, 7) is 0. The third-order valence-corrected chi connectivity index (χ3v) is 6.34. The molecule has 5 nitrogen and oxygen atoms in total. The molecule has 0 fully saturated rings. The van der Waals surface area contributed by atoms with Crippen LogP contribution in [0.3, 0.4) is 0 Å². The van der Waals surface area contributed by atoms with Crippen LogP contribution in [0.1, 0.15) is 0 Å². The number of sulfonamides is 1. The highest BCUT2D eigenvalue weighted by Crippen LogP contribution is 2.26. The lowest BCUT2D eigenvalue weighted by Crippen LogP contribution is -2.11. The zero-order chi connectivity index (χ0) is 14.9. The van der Waals surface area contributed by atoms with E-state index in [-0.39, 0.29) is 4.21 Å². The van der Waals surface area contributed by atoms with Crippen LogP contribution in [0.25, 0.3) is 10.6 Å². The number of nitrogen functional groups attached to an aromatic ring is 1. The standard InChI is InChI=1S/C13H11N3O2S3/c14-10-7-12(20-8-10)21(17,18)16-11-3-1-9(2-4-11)13-15-5-6-19-13/h1-8,16H,14H2. The summed E-state index contributed by atoms with van der Waals surface area (Å²) in [7, 11) is -3.58. The van der Waals surface area contributed by atoms with E-state index in [4.69, 9.17) is 5.73 Å². The van der Waals surface area contributed by atoms with Crippen LogP contribution in [-0.4, -0.2) is 13.4 Å². The van der Waals surface area contributed by atoms with Crippen molar-refractivity contribution in [1.29, 1.82) is 0 Å². The van der Waals surface area contributed by atoms with Crippen molar-refractivity contribution >= 4 is 44.1 Å². The van der Waals surface area contributed by atoms with Crippen LogP contribution in [0.2, 0.25) is 0 Å². The molecule has 0 spiro atoms. The number of thiophene rings is 1. The lowest BCUT2D eigenvalue weighted by Gasteiger charge is -2.06. The number of nitrogens with two attached hydrogens (primary N) is 1. The van der Waals surface area contributed by atoms with Crippen molar-refractivity contribution < 1.29 is 8.42 Å². The van der Waals surface area contributed by atoms with Gasteiger partial charge in [0.1, 0.15) is 9.22 Å². The van der Waals surface area contributed by atoms with Crippen LogP contribution < -0.4 is 10.5 Å². The second-order valence-corrected chi connectivity index (χ2v) is 7.93. The van der Waals surface area contributed by atoms with Gasteiger partial charge in [-0.25, -0.2) is 13.4 Å². The molecule has 0 amide bonds. The summed E-state index contributed by atoms with van der Waals surface area (Å²) < 4.78 is 27.1. The molecule has 108 valence electrons. The van der Waals surface area contributed by atoms with Gasteiger partial charge in [0.25, 0.3) is 10.0 Å². The van der Waals surface area contributed by atoms with E-state index >= 15 is 0 Å². The van der Waals surface area contributed by atoms with Crippen molar-refractivity contribution in [2.75, 3.05) is 10.5 Å². The number of anilines is 2. The van der Waals surface area contributed by atoms with Gasteiger partial charge in [0.05, 0.1) is 0 Å². The first-order chi connectivity index (χ1) is 10.0. The fraction of sp³-hybridized carbons (Fsp3) is 0. The summed E-state index contributed by atoms with van der Waals surface area (Å²) in [5, 5.41) is 4.39. The topological polar surface area (TPSA) is 85.1 Å². The number of thiazole rings is 1. The summed E-state index contributed by atoms with van der Waals surface area (Å²) in [6, 6.07) is 8.53. The second-order valence-electron chi connectivity index (χ2n) is 4.22. The monoisotopic (exact) mass is 337 g/mol. The SMILES string of the molecule is Nc1csc(S(=O)(=O)Nc2ccc(-c3nccs3)cc2)c1. The van der Waals surface area contributed by atoms with E-state index in [9.17, 15) is 8.42 Å². The van der Waals surface area contributed by atoms with E-state index in [0.717, 1.165) is 21.9 Å². The fourth-order valence-electron chi connectivity index (χ4n) is 1.72. The van der Waals surface area contributed by atoms with Gasteiger partial charge in [0, 0.05) is 33.9 Å². The molecule has 3 rings (SSSR count). The molecular weight excluding hydrogens is 326 g/mol. The summed E-state index contributed by atoms with van der Waals surface area (Å²) >= 11 is 2.63. The van der Waals surface area contributed by atoms with Gasteiger partial charge in [-0.1, -0.05) is 0 Å². The zero-order valence-electron chi connectivity index (χ0n) is 10.7. The Morgan fingerprint density at radius 1 is 1.14 bits per heavy atom. The number of rotatable bonds is 4. The maximum absolute atomic E-state index is 12.2. The first-order valence-corrected chi connectivity index (χ1v) is 9.15. The molecular formula is C13H11N3O2S3. The fourth-order valence-corrected chi connectivity index (χ4v) is 4.51. The Bertz CT molecular complexity index is 837. The zero-order valence-corrected chi connectivity index (χ0v) is 13.1. The van der Waals surface area contributed by atoms with Gasteiger partial charge in [-0.15, -0.1) is 22.7 Å². The Labute approximate surface area is 130 Å². The van der Waals surface area contributed by atoms with Crippen molar-refractivity contribution in [2.24, 2.45) is 0 Å². The minimum atomic E-state index is -3.58. The smallest absolute Gasteiger partial charge is 0.271 e. The second kappa shape index (κ2) is 5.47. The molecule has 0 bridgehead atoms. The van der Waals surface area contributed by atoms with E-state index in [1.54, 1.807) is 23.7 Å². The van der Waals surface area contributed by atoms with Crippen LogP contribution in [0, 0.1) is 0 Å². The molecule has 0 aliphatic heterocycles. The Kier molecular flexibility index (Phi) is 3.66. The van der Waals surface area contributed by atoms with Crippen LogP contribution in [-0.2, 0) is 10.0 Å². The van der Waals surface area contributed by atoms with Gasteiger partial charge in [0.15, 0.2) is 0 Å². The van der Waals surface area contributed by atoms with Crippen molar-refractivity contribution in [1.82, 2.24) is 4.98 Å².